The van der Waals surface area contributed by atoms with Gasteiger partial charge in [-0.3, -0.25) is 0 Å². The maximum atomic E-state index is 9.23. The number of unbranched alkanes of at least 4 members (excludes halogenated alkanes) is 4. The molecule has 0 bridgehead atoms. The zero-order valence-electron chi connectivity index (χ0n) is 16.6. The van der Waals surface area contributed by atoms with Crippen LogP contribution in [0.5, 0.6) is 0 Å². The van der Waals surface area contributed by atoms with Crippen molar-refractivity contribution in [3.63, 3.8) is 0 Å². The van der Waals surface area contributed by atoms with Crippen molar-refractivity contribution in [3.05, 3.63) is 20.9 Å². The Morgan fingerprint density at radius 1 is 0.640 bits per heavy atom. The Bertz CT molecular complexity index is 394. The van der Waals surface area contributed by atoms with Gasteiger partial charge in [0.25, 0.3) is 0 Å². The molecule has 0 saturated carbocycles. The van der Waals surface area contributed by atoms with E-state index in [0.717, 1.165) is 69.1 Å². The van der Waals surface area contributed by atoms with Crippen molar-refractivity contribution < 1.29 is 1.41 Å². The van der Waals surface area contributed by atoms with Crippen LogP contribution in [0.3, 0.4) is 0 Å². The van der Waals surface area contributed by atoms with Crippen molar-refractivity contribution in [3.8, 4) is 0 Å². The summed E-state index contributed by atoms with van der Waals surface area (Å²) >= 11 is -6.93. The van der Waals surface area contributed by atoms with Gasteiger partial charge in [-0.15, -0.1) is 0 Å². The van der Waals surface area contributed by atoms with E-state index >= 15 is 0 Å². The second-order valence-corrected chi connectivity index (χ2v) is 28.9. The second-order valence-electron chi connectivity index (χ2n) is 6.79. The van der Waals surface area contributed by atoms with Crippen LogP contribution in [-0.2, 0) is 1.41 Å². The third kappa shape index (κ3) is 10.2. The molecule has 0 N–H and O–H groups in total. The molecule has 0 unspecified atom stereocenters. The van der Waals surface area contributed by atoms with Crippen LogP contribution >= 0.6 is 0 Å². The number of hydrogen-bond acceptors (Lipinski definition) is 3. The van der Waals surface area contributed by atoms with Crippen molar-refractivity contribution >= 4 is 38.1 Å². The molecule has 0 aromatic carbocycles. The van der Waals surface area contributed by atoms with E-state index in [-0.39, 0.29) is 0 Å². The number of rotatable bonds is 16. The zero-order valence-corrected chi connectivity index (χ0v) is 22.3. The molecule has 0 aromatic rings. The monoisotopic (exact) mass is 568 g/mol. The molecule has 0 atom stereocenters. The van der Waals surface area contributed by atoms with Crippen molar-refractivity contribution in [1.29, 1.82) is 0 Å². The van der Waals surface area contributed by atoms with Gasteiger partial charge >= 0.3 is 164 Å². The first-order valence-electron chi connectivity index (χ1n) is 9.90. The van der Waals surface area contributed by atoms with Crippen LogP contribution in [0.15, 0.2) is 6.67 Å². The Kier molecular flexibility index (Phi) is 15.4. The van der Waals surface area contributed by atoms with Crippen LogP contribution in [0.25, 0.3) is 20.9 Å². The predicted octanol–water partition coefficient (Wildman–Crippen LogP) is 7.71. The van der Waals surface area contributed by atoms with E-state index in [1.807, 2.05) is 0 Å². The minimum absolute atomic E-state index is 0.924. The molecule has 0 rings (SSSR count). The standard InChI is InChI=1S/4C4H9.2N3.O.2Sn/c4*1-3-4-2;2*1-3-2;;;/h4*1,3-4H2,2H3;;;;;/q;;;;2*-1;;2*+1. The molecular weight excluding hydrogens is 530 g/mol. The molecule has 0 aliphatic rings. The van der Waals surface area contributed by atoms with Gasteiger partial charge in [0.2, 0.25) is 0 Å². The zero-order chi connectivity index (χ0) is 19.0. The molecule has 0 fully saturated rings. The van der Waals surface area contributed by atoms with Crippen LogP contribution < -0.4 is 0 Å². The fourth-order valence-electron chi connectivity index (χ4n) is 3.02. The molecule has 0 aliphatic heterocycles. The second kappa shape index (κ2) is 15.3. The van der Waals surface area contributed by atoms with Gasteiger partial charge in [-0.2, -0.15) is 0 Å². The van der Waals surface area contributed by atoms with Crippen LogP contribution in [0.4, 0.5) is 0 Å². The Hall–Kier alpha value is 0.177. The number of hydrogen-bond donors (Lipinski definition) is 0. The third-order valence-electron chi connectivity index (χ3n) is 4.52. The fourth-order valence-corrected chi connectivity index (χ4v) is 43.2. The normalized spacial score (nSPS) is 11.7. The van der Waals surface area contributed by atoms with Gasteiger partial charge in [0.1, 0.15) is 0 Å². The van der Waals surface area contributed by atoms with Gasteiger partial charge < -0.3 is 0 Å². The molecule has 0 spiro atoms. The fraction of sp³-hybridized carbons (Fsp3) is 1.00. The quantitative estimate of drug-likeness (QED) is 0.0812. The average Bonchev–Trinajstić information content (AvgIpc) is 2.61. The van der Waals surface area contributed by atoms with E-state index in [4.69, 9.17) is 1.41 Å². The molecule has 0 radical (unpaired) electrons. The summed E-state index contributed by atoms with van der Waals surface area (Å²) < 4.78 is 19.3. The molecule has 0 amide bonds. The van der Waals surface area contributed by atoms with E-state index in [2.05, 4.69) is 44.2 Å². The molecule has 7 nitrogen and oxygen atoms in total. The average molecular weight is 566 g/mol. The summed E-state index contributed by atoms with van der Waals surface area (Å²) in [7, 11) is 0. The summed E-state index contributed by atoms with van der Waals surface area (Å²) in [6.45, 7) is 8.63. The summed E-state index contributed by atoms with van der Waals surface area (Å²) in [5, 5.41) is 0. The predicted molar refractivity (Wildman–Crippen MR) is 110 cm³/mol. The summed E-state index contributed by atoms with van der Waals surface area (Å²) in [5.74, 6) is 0. The topological polar surface area (TPSA) is 107 Å². The van der Waals surface area contributed by atoms with Gasteiger partial charge in [-0.1, -0.05) is 0 Å². The van der Waals surface area contributed by atoms with Gasteiger partial charge in [-0.05, 0) is 0 Å². The number of nitrogens with zero attached hydrogens (tertiary/aromatic N) is 6. The summed E-state index contributed by atoms with van der Waals surface area (Å²) in [4.78, 5) is 6.42. The Morgan fingerprint density at radius 2 is 0.920 bits per heavy atom. The Labute approximate surface area is 163 Å². The van der Waals surface area contributed by atoms with E-state index in [1.165, 1.54) is 0 Å². The van der Waals surface area contributed by atoms with Gasteiger partial charge in [0, 0.05) is 0 Å². The molecular formula is C16H36N6OSn2. The van der Waals surface area contributed by atoms with Crippen molar-refractivity contribution in [1.82, 2.24) is 0 Å². The van der Waals surface area contributed by atoms with Crippen LogP contribution in [-0.4, -0.2) is 38.1 Å². The molecule has 9 heteroatoms. The molecule has 0 aromatic heterocycles. The Balaban J connectivity index is 5.77. The molecule has 25 heavy (non-hydrogen) atoms. The Morgan fingerprint density at radius 3 is 1.12 bits per heavy atom. The molecule has 0 aliphatic carbocycles. The van der Waals surface area contributed by atoms with E-state index < -0.39 is 38.1 Å². The summed E-state index contributed by atoms with van der Waals surface area (Å²) in [6, 6.07) is 0. The van der Waals surface area contributed by atoms with E-state index in [1.54, 1.807) is 0 Å². The first kappa shape index (κ1) is 25.2. The first-order valence-corrected chi connectivity index (χ1v) is 22.9. The van der Waals surface area contributed by atoms with Gasteiger partial charge in [0.15, 0.2) is 0 Å². The van der Waals surface area contributed by atoms with Gasteiger partial charge in [0.05, 0.1) is 0 Å². The SMILES string of the molecule is CCC[CH2][Sn]([CH2]CCC)([N]=[N+]=[N-])[O][Sn]([CH2]CCC)([CH2]CCC)[N]=[N+]=[N-]. The third-order valence-corrected chi connectivity index (χ3v) is 36.8. The van der Waals surface area contributed by atoms with E-state index in [0.29, 0.717) is 0 Å². The minimum atomic E-state index is -3.47. The van der Waals surface area contributed by atoms with Gasteiger partial charge in [-0.25, -0.2) is 0 Å². The van der Waals surface area contributed by atoms with Crippen molar-refractivity contribution in [2.24, 2.45) is 6.67 Å². The molecule has 0 saturated heterocycles. The van der Waals surface area contributed by atoms with Crippen LogP contribution in [0, 0.1) is 0 Å². The van der Waals surface area contributed by atoms with E-state index in [9.17, 15) is 11.1 Å². The first-order chi connectivity index (χ1) is 12.1. The maximum absolute atomic E-state index is 9.23. The molecule has 144 valence electrons. The van der Waals surface area contributed by atoms with Crippen LogP contribution in [0.1, 0.15) is 79.1 Å². The van der Waals surface area contributed by atoms with Crippen molar-refractivity contribution in [2.45, 2.75) is 96.8 Å². The summed E-state index contributed by atoms with van der Waals surface area (Å²) in [6.07, 6.45) is 8.45. The number of azide groups is 2. The summed E-state index contributed by atoms with van der Waals surface area (Å²) in [5.41, 5.74) is 18.5. The van der Waals surface area contributed by atoms with Crippen LogP contribution in [0.2, 0.25) is 17.7 Å². The molecule has 0 heterocycles. The van der Waals surface area contributed by atoms with Crippen molar-refractivity contribution in [2.75, 3.05) is 0 Å².